The Balaban J connectivity index is 1.28. The SMILES string of the molecule is CCC[C@H](NC(=O)[C@H](Cc1cccc2ccccc12)CS(=O)(=O)C(C)(C)C)C(=O)N[C@@H](Cc1ccccc1)[C@@H](O)[C@H](O)[C@H](Cc1ccccc1)NC(=O)[C@H](CCC)NC(=O)[C@@H](Cc1cccc2ccccc12)CS(=O)(=O)C(C)(C)C. The van der Waals surface area contributed by atoms with Crippen molar-refractivity contribution in [2.75, 3.05) is 11.5 Å². The number of aliphatic hydroxyl groups is 2. The van der Waals surface area contributed by atoms with Gasteiger partial charge in [0.15, 0.2) is 19.7 Å². The number of carbonyl (C=O) groups excluding carboxylic acids is 4. The fraction of sp³-hybridized carbons (Fsp3) is 0.438. The van der Waals surface area contributed by atoms with E-state index < -0.39 is 113 Å². The quantitative estimate of drug-likeness (QED) is 0.0290. The summed E-state index contributed by atoms with van der Waals surface area (Å²) in [4.78, 5) is 58.5. The highest BCUT2D eigenvalue weighted by Crippen LogP contribution is 2.28. The van der Waals surface area contributed by atoms with Crippen LogP contribution in [0.4, 0.5) is 0 Å². The van der Waals surface area contributed by atoms with Gasteiger partial charge in [-0.25, -0.2) is 16.8 Å². The average Bonchev–Trinajstić information content (AvgIpc) is 3.48. The van der Waals surface area contributed by atoms with Gasteiger partial charge in [-0.3, -0.25) is 19.2 Å². The maximum absolute atomic E-state index is 14.7. The van der Waals surface area contributed by atoms with E-state index in [1.807, 2.05) is 111 Å². The molecule has 0 radical (unpaired) electrons. The van der Waals surface area contributed by atoms with Gasteiger partial charge in [-0.05, 0) is 124 Å². The van der Waals surface area contributed by atoms with Crippen LogP contribution in [-0.4, -0.2) is 108 Å². The van der Waals surface area contributed by atoms with Crippen molar-refractivity contribution in [3.63, 3.8) is 0 Å². The van der Waals surface area contributed by atoms with E-state index in [9.17, 15) is 46.2 Å². The highest BCUT2D eigenvalue weighted by molar-refractivity contribution is 7.93. The molecule has 6 rings (SSSR count). The second-order valence-corrected chi connectivity index (χ2v) is 28.7. The fourth-order valence-corrected chi connectivity index (χ4v) is 12.5. The van der Waals surface area contributed by atoms with Gasteiger partial charge in [-0.15, -0.1) is 0 Å². The molecule has 0 bridgehead atoms. The number of sulfone groups is 2. The molecule has 0 saturated heterocycles. The lowest BCUT2D eigenvalue weighted by atomic mass is 9.90. The second-order valence-electron chi connectivity index (χ2n) is 23.2. The summed E-state index contributed by atoms with van der Waals surface area (Å²) in [7, 11) is -7.68. The minimum Gasteiger partial charge on any atom is -0.388 e. The van der Waals surface area contributed by atoms with Crippen LogP contribution in [-0.2, 0) is 64.5 Å². The minimum atomic E-state index is -3.84. The molecule has 0 saturated carbocycles. The normalized spacial score (nSPS) is 15.4. The number of fused-ring (bicyclic) bond motifs is 2. The molecule has 0 aliphatic rings. The molecule has 0 fully saturated rings. The number of rotatable bonds is 27. The molecule has 0 aliphatic carbocycles. The van der Waals surface area contributed by atoms with Crippen LogP contribution in [0.3, 0.4) is 0 Å². The first-order valence-corrected chi connectivity index (χ1v) is 31.2. The van der Waals surface area contributed by atoms with Crippen LogP contribution in [0.15, 0.2) is 146 Å². The van der Waals surface area contributed by atoms with E-state index in [0.29, 0.717) is 24.0 Å². The molecule has 6 aromatic rings. The molecule has 8 atom stereocenters. The van der Waals surface area contributed by atoms with E-state index in [-0.39, 0.29) is 38.5 Å². The molecule has 0 heterocycles. The molecule has 16 heteroatoms. The first kappa shape index (κ1) is 62.7. The number of aliphatic hydroxyl groups excluding tert-OH is 2. The van der Waals surface area contributed by atoms with Gasteiger partial charge < -0.3 is 31.5 Å². The Morgan fingerprint density at radius 3 is 1.09 bits per heavy atom. The Labute approximate surface area is 473 Å². The van der Waals surface area contributed by atoms with Crippen molar-refractivity contribution in [3.8, 4) is 0 Å². The molecule has 6 N–H and O–H groups in total. The van der Waals surface area contributed by atoms with E-state index in [2.05, 4.69) is 21.3 Å². The van der Waals surface area contributed by atoms with E-state index in [1.54, 1.807) is 90.1 Å². The Morgan fingerprint density at radius 1 is 0.425 bits per heavy atom. The van der Waals surface area contributed by atoms with Crippen molar-refractivity contribution in [2.45, 2.75) is 153 Å². The molecule has 0 unspecified atom stereocenters. The molecule has 4 amide bonds. The molecular weight excluding hydrogens is 1050 g/mol. The zero-order valence-electron chi connectivity index (χ0n) is 47.5. The van der Waals surface area contributed by atoms with Crippen molar-refractivity contribution in [3.05, 3.63) is 168 Å². The highest BCUT2D eigenvalue weighted by Gasteiger charge is 2.40. The Bertz CT molecular complexity index is 3040. The Hall–Kier alpha value is -6.46. The van der Waals surface area contributed by atoms with Gasteiger partial charge in [-0.2, -0.15) is 0 Å². The van der Waals surface area contributed by atoms with Crippen LogP contribution in [0.2, 0.25) is 0 Å². The lowest BCUT2D eigenvalue weighted by Gasteiger charge is -2.35. The lowest BCUT2D eigenvalue weighted by Crippen LogP contribution is -2.61. The molecule has 14 nitrogen and oxygen atoms in total. The van der Waals surface area contributed by atoms with E-state index in [1.165, 1.54) is 0 Å². The Morgan fingerprint density at radius 2 is 0.750 bits per heavy atom. The molecule has 430 valence electrons. The van der Waals surface area contributed by atoms with E-state index in [0.717, 1.165) is 32.7 Å². The van der Waals surface area contributed by atoms with Crippen molar-refractivity contribution >= 4 is 64.8 Å². The monoisotopic (exact) mass is 1130 g/mol. The number of amides is 4. The number of hydrogen-bond acceptors (Lipinski definition) is 10. The van der Waals surface area contributed by atoms with Crippen LogP contribution in [0, 0.1) is 11.8 Å². The minimum absolute atomic E-state index is 0.0151. The van der Waals surface area contributed by atoms with Gasteiger partial charge in [0, 0.05) is 0 Å². The summed E-state index contributed by atoms with van der Waals surface area (Å²) in [5.41, 5.74) is 2.95. The summed E-state index contributed by atoms with van der Waals surface area (Å²) in [6, 6.07) is 39.9. The Kier molecular flexibility index (Phi) is 21.8. The standard InChI is InChI=1S/C64H82N4O10S2/c1-9-23-53(65-59(71)49(41-79(75,76)63(3,4)5)39-47-33-21-31-45-29-17-19-35-51(45)47)61(73)67-55(37-43-25-13-11-14-26-43)57(69)58(70)56(38-44-27-15-12-16-28-44)68-62(74)54(24-10-2)66-60(72)50(42-80(77,78)64(6,7)8)40-48-34-22-32-46-30-18-20-36-52(46)48/h11-22,25-36,49-50,53-58,69-70H,9-10,23-24,37-42H2,1-8H3,(H,65,71)(H,66,72)(H,67,73)(H,68,74)/t49-,50+,53-,54-,55-,56-,57+,58+/m0/s1. The van der Waals surface area contributed by atoms with Gasteiger partial charge in [0.2, 0.25) is 23.6 Å². The smallest absolute Gasteiger partial charge is 0.242 e. The largest absolute Gasteiger partial charge is 0.388 e. The van der Waals surface area contributed by atoms with E-state index >= 15 is 0 Å². The maximum atomic E-state index is 14.7. The molecule has 0 aromatic heterocycles. The fourth-order valence-electron chi connectivity index (χ4n) is 9.94. The van der Waals surface area contributed by atoms with Gasteiger partial charge >= 0.3 is 0 Å². The van der Waals surface area contributed by atoms with Gasteiger partial charge in [0.25, 0.3) is 0 Å². The summed E-state index contributed by atoms with van der Waals surface area (Å²) in [6.07, 6.45) is -2.10. The summed E-state index contributed by atoms with van der Waals surface area (Å²) < 4.78 is 52.9. The van der Waals surface area contributed by atoms with Gasteiger partial charge in [0.1, 0.15) is 24.3 Å². The number of carbonyl (C=O) groups is 4. The predicted molar refractivity (Wildman–Crippen MR) is 319 cm³/mol. The summed E-state index contributed by atoms with van der Waals surface area (Å²) in [5.74, 6) is -5.72. The molecular formula is C64H82N4O10S2. The third-order valence-electron chi connectivity index (χ3n) is 15.0. The molecule has 0 aliphatic heterocycles. The van der Waals surface area contributed by atoms with Crippen molar-refractivity contribution in [1.29, 1.82) is 0 Å². The number of benzene rings is 6. The first-order chi connectivity index (χ1) is 37.8. The third kappa shape index (κ3) is 16.8. The van der Waals surface area contributed by atoms with Crippen LogP contribution < -0.4 is 21.3 Å². The van der Waals surface area contributed by atoms with Gasteiger partial charge in [0.05, 0.1) is 44.9 Å². The van der Waals surface area contributed by atoms with Crippen LogP contribution >= 0.6 is 0 Å². The highest BCUT2D eigenvalue weighted by atomic mass is 32.2. The summed E-state index contributed by atoms with van der Waals surface area (Å²) >= 11 is 0. The number of hydrogen-bond donors (Lipinski definition) is 6. The average molecular weight is 1130 g/mol. The van der Waals surface area contributed by atoms with Crippen LogP contribution in [0.5, 0.6) is 0 Å². The molecule has 0 spiro atoms. The summed E-state index contributed by atoms with van der Waals surface area (Å²) in [5, 5.41) is 40.1. The summed E-state index contributed by atoms with van der Waals surface area (Å²) in [6.45, 7) is 13.2. The van der Waals surface area contributed by atoms with Crippen molar-refractivity contribution in [1.82, 2.24) is 21.3 Å². The third-order valence-corrected chi connectivity index (χ3v) is 20.4. The zero-order valence-corrected chi connectivity index (χ0v) is 49.2. The van der Waals surface area contributed by atoms with Crippen LogP contribution in [0.25, 0.3) is 21.5 Å². The molecule has 80 heavy (non-hydrogen) atoms. The van der Waals surface area contributed by atoms with Crippen LogP contribution in [0.1, 0.15) is 103 Å². The van der Waals surface area contributed by atoms with Crippen molar-refractivity contribution < 1.29 is 46.2 Å². The zero-order chi connectivity index (χ0) is 58.4. The lowest BCUT2D eigenvalue weighted by molar-refractivity contribution is -0.133. The van der Waals surface area contributed by atoms with E-state index in [4.69, 9.17) is 0 Å². The second kappa shape index (κ2) is 27.8. The number of nitrogens with one attached hydrogen (secondary N) is 4. The van der Waals surface area contributed by atoms with Crippen molar-refractivity contribution in [2.24, 2.45) is 11.8 Å². The first-order valence-electron chi connectivity index (χ1n) is 27.9. The topological polar surface area (TPSA) is 225 Å². The predicted octanol–water partition coefficient (Wildman–Crippen LogP) is 8.18. The van der Waals surface area contributed by atoms with Gasteiger partial charge in [-0.1, -0.05) is 172 Å². The maximum Gasteiger partial charge on any atom is 0.242 e. The molecule has 6 aromatic carbocycles.